The van der Waals surface area contributed by atoms with E-state index in [0.717, 1.165) is 0 Å². The highest BCUT2D eigenvalue weighted by atomic mass is 31.3. The molecule has 7 N–H and O–H groups in total. The Hall–Kier alpha value is -1.42. The molecule has 0 saturated carbocycles. The molecule has 2 radical (unpaired) electrons. The zero-order valence-corrected chi connectivity index (χ0v) is 19.4. The van der Waals surface area contributed by atoms with Gasteiger partial charge in [-0.3, -0.25) is 27.8 Å². The molecule has 2 aromatic rings. The molecule has 3 rings (SSSR count). The Kier molecular flexibility index (Phi) is 7.13. The van der Waals surface area contributed by atoms with E-state index < -0.39 is 65.3 Å². The van der Waals surface area contributed by atoms with Crippen LogP contribution >= 0.6 is 22.7 Å². The Labute approximate surface area is 185 Å². The summed E-state index contributed by atoms with van der Waals surface area (Å²) in [6.45, 7) is -0.847. The van der Waals surface area contributed by atoms with Gasteiger partial charge in [-0.25, -0.2) is 4.57 Å². The van der Waals surface area contributed by atoms with E-state index in [2.05, 4.69) is 18.8 Å². The molecule has 1 unspecified atom stereocenters. The maximum Gasteiger partial charge on any atom is 0.333 e. The summed E-state index contributed by atoms with van der Waals surface area (Å²) in [4.78, 5) is 47.5. The van der Waals surface area contributed by atoms with Crippen LogP contribution in [-0.2, 0) is 34.3 Å². The molecule has 0 aliphatic carbocycles. The third kappa shape index (κ3) is 5.99. The van der Waals surface area contributed by atoms with Crippen molar-refractivity contribution in [3.8, 4) is 0 Å². The van der Waals surface area contributed by atoms with E-state index in [1.165, 1.54) is 22.5 Å². The van der Waals surface area contributed by atoms with Crippen LogP contribution in [-0.4, -0.2) is 72.9 Å². The number of hydrogen-bond donors (Lipinski definition) is 6. The first-order chi connectivity index (χ1) is 15.0. The van der Waals surface area contributed by atoms with Crippen molar-refractivity contribution in [2.45, 2.75) is 24.5 Å². The van der Waals surface area contributed by atoms with Gasteiger partial charge in [-0.15, -0.1) is 0 Å². The molecular formula is C12H19BN5O12P3. The van der Waals surface area contributed by atoms with Gasteiger partial charge in [-0.1, -0.05) is 4.98 Å². The SMILES string of the molecule is [B][P@](=O)(OC[C@H]1O[C@@H]([n+]2cn(C)c3c(=O)[nH]c(N)nc32)[C@H](O)[C@@H]1O)OP(=O)([O-])CP(=O)(O)O. The lowest BCUT2D eigenvalue weighted by molar-refractivity contribution is -0.745. The minimum Gasteiger partial charge on any atom is -0.778 e. The Bertz CT molecular complexity index is 1260. The number of ether oxygens (including phenoxy) is 1. The fourth-order valence-corrected chi connectivity index (χ4v) is 7.58. The Morgan fingerprint density at radius 1 is 1.36 bits per heavy atom. The molecule has 1 aliphatic rings. The number of nitrogen functional groups attached to an aromatic ring is 1. The van der Waals surface area contributed by atoms with E-state index >= 15 is 0 Å². The summed E-state index contributed by atoms with van der Waals surface area (Å²) in [5.41, 5.74) is 5.06. The summed E-state index contributed by atoms with van der Waals surface area (Å²) in [5, 5.41) is 20.7. The number of nitrogens with two attached hydrogens (primary N) is 1. The van der Waals surface area contributed by atoms with Gasteiger partial charge >= 0.3 is 13.2 Å². The van der Waals surface area contributed by atoms with Crippen molar-refractivity contribution in [2.24, 2.45) is 7.05 Å². The van der Waals surface area contributed by atoms with Crippen LogP contribution in [0.2, 0.25) is 0 Å². The quantitative estimate of drug-likeness (QED) is 0.111. The zero-order chi connectivity index (χ0) is 24.9. The fourth-order valence-electron chi connectivity index (χ4n) is 3.18. The maximum atomic E-state index is 12.1. The predicted octanol–water partition coefficient (Wildman–Crippen LogP) is -3.25. The second-order valence-electron chi connectivity index (χ2n) is 7.14. The molecule has 21 heteroatoms. The number of rotatable bonds is 8. The van der Waals surface area contributed by atoms with Gasteiger partial charge in [0.1, 0.15) is 24.2 Å². The van der Waals surface area contributed by atoms with Crippen LogP contribution in [0, 0.1) is 0 Å². The summed E-state index contributed by atoms with van der Waals surface area (Å²) < 4.78 is 51.4. The first kappa shape index (κ1) is 26.2. The van der Waals surface area contributed by atoms with Crippen LogP contribution < -0.4 is 20.8 Å². The van der Waals surface area contributed by atoms with Crippen LogP contribution in [0.3, 0.4) is 0 Å². The van der Waals surface area contributed by atoms with Crippen molar-refractivity contribution >= 4 is 47.3 Å². The molecule has 0 aromatic carbocycles. The zero-order valence-electron chi connectivity index (χ0n) is 16.7. The second kappa shape index (κ2) is 8.98. The summed E-state index contributed by atoms with van der Waals surface area (Å²) in [6.07, 6.45) is -4.69. The van der Waals surface area contributed by atoms with E-state index in [9.17, 15) is 33.6 Å². The smallest absolute Gasteiger partial charge is 0.333 e. The number of aryl methyl sites for hydroxylation is 1. The van der Waals surface area contributed by atoms with Crippen LogP contribution in [0.1, 0.15) is 6.23 Å². The number of aliphatic hydroxyl groups is 2. The first-order valence-electron chi connectivity index (χ1n) is 8.86. The maximum absolute atomic E-state index is 12.1. The van der Waals surface area contributed by atoms with Gasteiger partial charge < -0.3 is 44.5 Å². The van der Waals surface area contributed by atoms with Crippen molar-refractivity contribution < 1.29 is 56.7 Å². The lowest BCUT2D eigenvalue weighted by Crippen LogP contribution is -2.46. The number of aromatic amines is 1. The van der Waals surface area contributed by atoms with Gasteiger partial charge in [0, 0.05) is 0 Å². The minimum absolute atomic E-state index is 0.00845. The molecule has 3 heterocycles. The summed E-state index contributed by atoms with van der Waals surface area (Å²) in [7, 11) is -8.69. The molecule has 17 nitrogen and oxygen atoms in total. The highest BCUT2D eigenvalue weighted by molar-refractivity contribution is 7.85. The predicted molar refractivity (Wildman–Crippen MR) is 107 cm³/mol. The lowest BCUT2D eigenvalue weighted by Gasteiger charge is -2.27. The van der Waals surface area contributed by atoms with Gasteiger partial charge in [-0.2, -0.15) is 0 Å². The van der Waals surface area contributed by atoms with Crippen molar-refractivity contribution in [3.05, 3.63) is 16.7 Å². The molecule has 6 atom stereocenters. The monoisotopic (exact) mass is 529 g/mol. The molecule has 0 spiro atoms. The van der Waals surface area contributed by atoms with Gasteiger partial charge in [0.25, 0.3) is 19.0 Å². The van der Waals surface area contributed by atoms with Gasteiger partial charge in [0.05, 0.1) is 13.7 Å². The summed E-state index contributed by atoms with van der Waals surface area (Å²) in [5.74, 6) is -1.99. The number of imidazole rings is 1. The molecule has 0 bridgehead atoms. The van der Waals surface area contributed by atoms with Crippen molar-refractivity contribution in [1.29, 1.82) is 0 Å². The number of H-pyrrole nitrogens is 1. The molecule has 182 valence electrons. The Morgan fingerprint density at radius 2 is 2.00 bits per heavy atom. The van der Waals surface area contributed by atoms with E-state index in [1.807, 2.05) is 0 Å². The average molecular weight is 529 g/mol. The van der Waals surface area contributed by atoms with Crippen molar-refractivity contribution in [3.63, 3.8) is 0 Å². The largest absolute Gasteiger partial charge is 0.778 e. The summed E-state index contributed by atoms with van der Waals surface area (Å²) in [6, 6.07) is 0. The highest BCUT2D eigenvalue weighted by Gasteiger charge is 2.47. The molecule has 1 saturated heterocycles. The number of hydrogen-bond acceptors (Lipinski definition) is 12. The van der Waals surface area contributed by atoms with Crippen LogP contribution in [0.15, 0.2) is 11.1 Å². The Morgan fingerprint density at radius 3 is 2.61 bits per heavy atom. The van der Waals surface area contributed by atoms with Crippen molar-refractivity contribution in [1.82, 2.24) is 14.5 Å². The lowest BCUT2D eigenvalue weighted by atomic mass is 10.1. The van der Waals surface area contributed by atoms with Crippen molar-refractivity contribution in [2.75, 3.05) is 18.2 Å². The Balaban J connectivity index is 1.76. The number of fused-ring (bicyclic) bond motifs is 1. The van der Waals surface area contributed by atoms with E-state index in [0.29, 0.717) is 0 Å². The number of aliphatic hydroxyl groups excluding tert-OH is 2. The molecule has 2 aromatic heterocycles. The van der Waals surface area contributed by atoms with Crippen LogP contribution in [0.25, 0.3) is 11.2 Å². The molecule has 1 aliphatic heterocycles. The number of aromatic nitrogens is 4. The molecule has 1 fully saturated rings. The molecular weight excluding hydrogens is 510 g/mol. The highest BCUT2D eigenvalue weighted by Crippen LogP contribution is 2.62. The number of nitrogens with zero attached hydrogens (tertiary/aromatic N) is 3. The fraction of sp³-hybridized carbons (Fsp3) is 0.583. The number of anilines is 1. The summed E-state index contributed by atoms with van der Waals surface area (Å²) >= 11 is 0. The van der Waals surface area contributed by atoms with E-state index in [1.54, 1.807) is 0 Å². The third-order valence-electron chi connectivity index (χ3n) is 4.42. The van der Waals surface area contributed by atoms with E-state index in [4.69, 9.17) is 27.8 Å². The van der Waals surface area contributed by atoms with Gasteiger partial charge in [0.15, 0.2) is 13.9 Å². The topological polar surface area (TPSA) is 263 Å². The minimum atomic E-state index is -5.36. The number of nitrogens with one attached hydrogen (secondary N) is 1. The molecule has 33 heavy (non-hydrogen) atoms. The normalized spacial score (nSPS) is 27.5. The standard InChI is InChI=1S/C12H19BN5O12P3/c1-17-3-18(9-6(17)10(21)16-12(14)15-9)11-8(20)7(19)5(29-11)2-28-33(13,27)30-32(25,26)4-31(22,23)24/h3,5,7-8,11,19-20H,2,4H2,1H3,(H5-,14,15,16,21,22,23,24,25,26)/t5-,7-,8-,11-,33+/m1/s1. The van der Waals surface area contributed by atoms with E-state index in [-0.39, 0.29) is 17.1 Å². The third-order valence-corrected chi connectivity index (χ3v) is 9.69. The first-order valence-corrected chi connectivity index (χ1v) is 14.0. The molecule has 0 amide bonds. The van der Waals surface area contributed by atoms with Gasteiger partial charge in [0.2, 0.25) is 19.3 Å². The second-order valence-corrected chi connectivity index (χ2v) is 12.8. The van der Waals surface area contributed by atoms with Gasteiger partial charge in [-0.05, 0) is 0 Å². The average Bonchev–Trinajstić information content (AvgIpc) is 3.07. The van der Waals surface area contributed by atoms with Crippen LogP contribution in [0.5, 0.6) is 0 Å². The van der Waals surface area contributed by atoms with Crippen LogP contribution in [0.4, 0.5) is 5.95 Å².